The highest BCUT2D eigenvalue weighted by Gasteiger charge is 1.98. The van der Waals surface area contributed by atoms with Crippen LogP contribution in [0.2, 0.25) is 0 Å². The van der Waals surface area contributed by atoms with Gasteiger partial charge in [0, 0.05) is 24.9 Å². The van der Waals surface area contributed by atoms with Gasteiger partial charge in [0.05, 0.1) is 0 Å². The zero-order valence-corrected chi connectivity index (χ0v) is 12.3. The fourth-order valence-electron chi connectivity index (χ4n) is 1.69. The Kier molecular flexibility index (Phi) is 7.86. The summed E-state index contributed by atoms with van der Waals surface area (Å²) in [4.78, 5) is 4.18. The summed E-state index contributed by atoms with van der Waals surface area (Å²) in [7, 11) is 1.95. The molecule has 0 unspecified atom stereocenters. The minimum absolute atomic E-state index is 0.0871. The van der Waals surface area contributed by atoms with Gasteiger partial charge >= 0.3 is 0 Å². The number of aromatic nitrogens is 1. The van der Waals surface area contributed by atoms with E-state index in [0.717, 1.165) is 24.2 Å². The maximum atomic E-state index is 9.04. The number of phenolic OH excluding ortho intramolecular Hbond substituents is 2. The minimum Gasteiger partial charge on any atom is -0.504 e. The van der Waals surface area contributed by atoms with E-state index in [1.165, 1.54) is 12.1 Å². The molecule has 2 rings (SSSR count). The van der Waals surface area contributed by atoms with E-state index >= 15 is 0 Å². The van der Waals surface area contributed by atoms with Crippen LogP contribution in [-0.2, 0) is 12.8 Å². The molecule has 0 saturated heterocycles. The minimum atomic E-state index is -0.0919. The van der Waals surface area contributed by atoms with Crippen molar-refractivity contribution in [2.24, 2.45) is 5.73 Å². The van der Waals surface area contributed by atoms with Crippen molar-refractivity contribution in [2.45, 2.75) is 12.8 Å². The Balaban J connectivity index is 0.000000211. The Labute approximate surface area is 125 Å². The van der Waals surface area contributed by atoms with Crippen LogP contribution in [0.3, 0.4) is 0 Å². The SMILES string of the molecule is CNCCc1ccccn1.NCCc1ccc(O)c(O)c1. The van der Waals surface area contributed by atoms with Gasteiger partial charge in [-0.3, -0.25) is 4.98 Å². The Morgan fingerprint density at radius 2 is 1.90 bits per heavy atom. The number of hydrogen-bond acceptors (Lipinski definition) is 5. The molecule has 5 N–H and O–H groups in total. The van der Waals surface area contributed by atoms with Crippen molar-refractivity contribution in [3.05, 3.63) is 53.9 Å². The second-order valence-corrected chi connectivity index (χ2v) is 4.54. The first-order chi connectivity index (χ1) is 10.2. The number of nitrogens with zero attached hydrogens (tertiary/aromatic N) is 1. The van der Waals surface area contributed by atoms with Crippen LogP contribution >= 0.6 is 0 Å². The van der Waals surface area contributed by atoms with E-state index < -0.39 is 0 Å². The summed E-state index contributed by atoms with van der Waals surface area (Å²) in [6, 6.07) is 10.7. The molecular formula is C16H23N3O2. The van der Waals surface area contributed by atoms with Crippen molar-refractivity contribution in [2.75, 3.05) is 20.1 Å². The van der Waals surface area contributed by atoms with Crippen molar-refractivity contribution in [3.63, 3.8) is 0 Å². The third-order valence-corrected chi connectivity index (χ3v) is 2.83. The lowest BCUT2D eigenvalue weighted by molar-refractivity contribution is 0.403. The zero-order chi connectivity index (χ0) is 15.5. The first-order valence-electron chi connectivity index (χ1n) is 6.92. The zero-order valence-electron chi connectivity index (χ0n) is 12.3. The van der Waals surface area contributed by atoms with Gasteiger partial charge in [0.25, 0.3) is 0 Å². The molecule has 0 spiro atoms. The Hall–Kier alpha value is -2.11. The summed E-state index contributed by atoms with van der Waals surface area (Å²) < 4.78 is 0. The van der Waals surface area contributed by atoms with Crippen LogP contribution in [0.15, 0.2) is 42.6 Å². The second kappa shape index (κ2) is 9.74. The highest BCUT2D eigenvalue weighted by molar-refractivity contribution is 5.40. The maximum absolute atomic E-state index is 9.04. The number of nitrogens with one attached hydrogen (secondary N) is 1. The number of likely N-dealkylation sites (N-methyl/N-ethyl adjacent to an activating group) is 1. The van der Waals surface area contributed by atoms with E-state index in [2.05, 4.69) is 10.3 Å². The van der Waals surface area contributed by atoms with Gasteiger partial charge in [-0.05, 0) is 49.8 Å². The average molecular weight is 289 g/mol. The molecule has 21 heavy (non-hydrogen) atoms. The smallest absolute Gasteiger partial charge is 0.157 e. The Morgan fingerprint density at radius 1 is 1.10 bits per heavy atom. The molecule has 2 aromatic rings. The summed E-state index contributed by atoms with van der Waals surface area (Å²) in [5, 5.41) is 21.0. The number of rotatable bonds is 5. The van der Waals surface area contributed by atoms with Crippen LogP contribution in [0.4, 0.5) is 0 Å². The topological polar surface area (TPSA) is 91.4 Å². The summed E-state index contributed by atoms with van der Waals surface area (Å²) >= 11 is 0. The van der Waals surface area contributed by atoms with Crippen LogP contribution in [0.1, 0.15) is 11.3 Å². The molecule has 0 fully saturated rings. The van der Waals surface area contributed by atoms with Crippen LogP contribution in [0.25, 0.3) is 0 Å². The first kappa shape index (κ1) is 16.9. The van der Waals surface area contributed by atoms with E-state index in [9.17, 15) is 0 Å². The second-order valence-electron chi connectivity index (χ2n) is 4.54. The van der Waals surface area contributed by atoms with Gasteiger partial charge < -0.3 is 21.3 Å². The summed E-state index contributed by atoms with van der Waals surface area (Å²) in [5.41, 5.74) is 7.39. The van der Waals surface area contributed by atoms with Crippen molar-refractivity contribution >= 4 is 0 Å². The molecule has 5 nitrogen and oxygen atoms in total. The Bertz CT molecular complexity index is 518. The van der Waals surface area contributed by atoms with Crippen molar-refractivity contribution in [3.8, 4) is 11.5 Å². The van der Waals surface area contributed by atoms with Gasteiger partial charge in [-0.2, -0.15) is 0 Å². The highest BCUT2D eigenvalue weighted by Crippen LogP contribution is 2.24. The quantitative estimate of drug-likeness (QED) is 0.625. The molecule has 0 aliphatic carbocycles. The lowest BCUT2D eigenvalue weighted by Crippen LogP contribution is -2.10. The number of benzene rings is 1. The monoisotopic (exact) mass is 289 g/mol. The van der Waals surface area contributed by atoms with Gasteiger partial charge in [-0.1, -0.05) is 12.1 Å². The first-order valence-corrected chi connectivity index (χ1v) is 6.92. The van der Waals surface area contributed by atoms with Crippen LogP contribution in [-0.4, -0.2) is 35.3 Å². The van der Waals surface area contributed by atoms with E-state index in [1.807, 2.05) is 31.4 Å². The van der Waals surface area contributed by atoms with E-state index in [1.54, 1.807) is 6.07 Å². The van der Waals surface area contributed by atoms with Gasteiger partial charge in [-0.25, -0.2) is 0 Å². The molecule has 0 bridgehead atoms. The number of aromatic hydroxyl groups is 2. The molecule has 0 atom stereocenters. The maximum Gasteiger partial charge on any atom is 0.157 e. The molecule has 0 aliphatic rings. The van der Waals surface area contributed by atoms with Crippen LogP contribution in [0, 0.1) is 0 Å². The fourth-order valence-corrected chi connectivity index (χ4v) is 1.69. The van der Waals surface area contributed by atoms with Gasteiger partial charge in [0.2, 0.25) is 0 Å². The predicted molar refractivity (Wildman–Crippen MR) is 84.4 cm³/mol. The predicted octanol–water partition coefficient (Wildman–Crippen LogP) is 1.44. The molecule has 0 aliphatic heterocycles. The lowest BCUT2D eigenvalue weighted by atomic mass is 10.1. The van der Waals surface area contributed by atoms with Crippen molar-refractivity contribution < 1.29 is 10.2 Å². The van der Waals surface area contributed by atoms with Crippen molar-refractivity contribution in [1.82, 2.24) is 10.3 Å². The van der Waals surface area contributed by atoms with Crippen LogP contribution in [0.5, 0.6) is 11.5 Å². The van der Waals surface area contributed by atoms with Gasteiger partial charge in [0.15, 0.2) is 11.5 Å². The molecule has 1 aromatic carbocycles. The van der Waals surface area contributed by atoms with Gasteiger partial charge in [-0.15, -0.1) is 0 Å². The third-order valence-electron chi connectivity index (χ3n) is 2.83. The van der Waals surface area contributed by atoms with E-state index in [0.29, 0.717) is 13.0 Å². The number of pyridine rings is 1. The molecule has 1 heterocycles. The lowest BCUT2D eigenvalue weighted by Gasteiger charge is -2.00. The van der Waals surface area contributed by atoms with E-state index in [4.69, 9.17) is 15.9 Å². The standard InChI is InChI=1S/C8H12N2.C8H11NO2/c1-9-7-5-8-4-2-3-6-10-8;9-4-3-6-1-2-7(10)8(11)5-6/h2-4,6,9H,5,7H2,1H3;1-2,5,10-11H,3-4,9H2. The molecule has 1 aromatic heterocycles. The molecule has 114 valence electrons. The summed E-state index contributed by atoms with van der Waals surface area (Å²) in [6.45, 7) is 1.54. The molecular weight excluding hydrogens is 266 g/mol. The Morgan fingerprint density at radius 3 is 2.48 bits per heavy atom. The summed E-state index contributed by atoms with van der Waals surface area (Å²) in [5.74, 6) is -0.179. The average Bonchev–Trinajstić information content (AvgIpc) is 2.51. The largest absolute Gasteiger partial charge is 0.504 e. The van der Waals surface area contributed by atoms with E-state index in [-0.39, 0.29) is 11.5 Å². The fraction of sp³-hybridized carbons (Fsp3) is 0.312. The molecule has 5 heteroatoms. The third kappa shape index (κ3) is 6.74. The number of nitrogens with two attached hydrogens (primary N) is 1. The van der Waals surface area contributed by atoms with Gasteiger partial charge in [0.1, 0.15) is 0 Å². The molecule has 0 amide bonds. The molecule has 0 saturated carbocycles. The number of phenols is 2. The van der Waals surface area contributed by atoms with Crippen LogP contribution < -0.4 is 11.1 Å². The highest BCUT2D eigenvalue weighted by atomic mass is 16.3. The normalized spacial score (nSPS) is 9.81. The summed E-state index contributed by atoms with van der Waals surface area (Å²) in [6.07, 6.45) is 3.55. The van der Waals surface area contributed by atoms with Crippen molar-refractivity contribution in [1.29, 1.82) is 0 Å². The number of hydrogen-bond donors (Lipinski definition) is 4. The molecule has 0 radical (unpaired) electrons.